The Balaban J connectivity index is 2.28. The predicted octanol–water partition coefficient (Wildman–Crippen LogP) is 0.434. The minimum atomic E-state index is -3.68. The number of carbonyl (C=O) groups is 1. The lowest BCUT2D eigenvalue weighted by atomic mass is 10.3. The van der Waals surface area contributed by atoms with Gasteiger partial charge >= 0.3 is 5.97 Å². The van der Waals surface area contributed by atoms with Crippen LogP contribution in [0.3, 0.4) is 0 Å². The molecule has 0 saturated carbocycles. The van der Waals surface area contributed by atoms with Crippen LogP contribution in [0.2, 0.25) is 0 Å². The zero-order chi connectivity index (χ0) is 15.7. The van der Waals surface area contributed by atoms with Crippen molar-refractivity contribution in [3.05, 3.63) is 18.0 Å². The number of H-pyrrole nitrogens is 1. The van der Waals surface area contributed by atoms with Crippen LogP contribution in [0.5, 0.6) is 0 Å². The molecule has 1 heterocycles. The maximum absolute atomic E-state index is 11.9. The third-order valence-corrected chi connectivity index (χ3v) is 4.08. The van der Waals surface area contributed by atoms with Crippen LogP contribution in [0.4, 0.5) is 0 Å². The molecule has 120 valence electrons. The summed E-state index contributed by atoms with van der Waals surface area (Å²) >= 11 is 0. The van der Waals surface area contributed by atoms with Crippen LogP contribution in [0.15, 0.2) is 17.2 Å². The van der Waals surface area contributed by atoms with E-state index < -0.39 is 16.0 Å². The third-order valence-electron chi connectivity index (χ3n) is 2.64. The standard InChI is InChI=1S/C12H20N2O6S/c1-19-6-7-20-5-3-2-4-14-21(17,18)10-8-11(12(15)16)13-9-10/h8-9,13-14H,2-7H2,1H3,(H,15,16). The summed E-state index contributed by atoms with van der Waals surface area (Å²) in [6, 6.07) is 1.08. The van der Waals surface area contributed by atoms with E-state index in [1.807, 2.05) is 0 Å². The van der Waals surface area contributed by atoms with E-state index in [0.29, 0.717) is 26.2 Å². The number of carboxylic acid groups (broad SMARTS) is 1. The molecule has 0 atom stereocenters. The van der Waals surface area contributed by atoms with Crippen LogP contribution in [0, 0.1) is 0 Å². The number of carboxylic acids is 1. The molecule has 21 heavy (non-hydrogen) atoms. The number of sulfonamides is 1. The quantitative estimate of drug-likeness (QED) is 0.509. The smallest absolute Gasteiger partial charge is 0.352 e. The molecular formula is C12H20N2O6S. The van der Waals surface area contributed by atoms with Crippen molar-refractivity contribution in [3.8, 4) is 0 Å². The Bertz CT molecular complexity index is 540. The molecule has 0 aromatic carbocycles. The Morgan fingerprint density at radius 1 is 1.33 bits per heavy atom. The third kappa shape index (κ3) is 6.25. The fourth-order valence-corrected chi connectivity index (χ4v) is 2.58. The Labute approximate surface area is 123 Å². The molecule has 0 unspecified atom stereocenters. The zero-order valence-electron chi connectivity index (χ0n) is 11.8. The summed E-state index contributed by atoms with van der Waals surface area (Å²) in [4.78, 5) is 13.0. The molecule has 0 radical (unpaired) electrons. The van der Waals surface area contributed by atoms with Gasteiger partial charge in [-0.3, -0.25) is 0 Å². The van der Waals surface area contributed by atoms with Crippen molar-refractivity contribution in [2.45, 2.75) is 17.7 Å². The van der Waals surface area contributed by atoms with Crippen LogP contribution in [-0.4, -0.2) is 58.0 Å². The zero-order valence-corrected chi connectivity index (χ0v) is 12.6. The lowest BCUT2D eigenvalue weighted by molar-refractivity contribution is 0.0689. The maximum Gasteiger partial charge on any atom is 0.352 e. The van der Waals surface area contributed by atoms with Crippen LogP contribution >= 0.6 is 0 Å². The van der Waals surface area contributed by atoms with E-state index in [4.69, 9.17) is 14.6 Å². The van der Waals surface area contributed by atoms with E-state index in [-0.39, 0.29) is 17.1 Å². The number of rotatable bonds is 11. The molecule has 0 saturated heterocycles. The molecular weight excluding hydrogens is 300 g/mol. The fourth-order valence-electron chi connectivity index (χ4n) is 1.52. The van der Waals surface area contributed by atoms with Crippen LogP contribution < -0.4 is 4.72 Å². The Kier molecular flexibility index (Phi) is 7.37. The fraction of sp³-hybridized carbons (Fsp3) is 0.583. The highest BCUT2D eigenvalue weighted by atomic mass is 32.2. The Hall–Kier alpha value is -1.42. The van der Waals surface area contributed by atoms with Gasteiger partial charge in [-0.05, 0) is 18.9 Å². The van der Waals surface area contributed by atoms with Crippen molar-refractivity contribution < 1.29 is 27.8 Å². The lowest BCUT2D eigenvalue weighted by Crippen LogP contribution is -2.24. The van der Waals surface area contributed by atoms with Gasteiger partial charge in [0.1, 0.15) is 10.6 Å². The lowest BCUT2D eigenvalue weighted by Gasteiger charge is -2.05. The summed E-state index contributed by atoms with van der Waals surface area (Å²) in [6.07, 6.45) is 2.50. The SMILES string of the molecule is COCCOCCCCNS(=O)(=O)c1c[nH]c(C(=O)O)c1. The molecule has 9 heteroatoms. The monoisotopic (exact) mass is 320 g/mol. The molecule has 0 amide bonds. The number of aromatic amines is 1. The first kappa shape index (κ1) is 17.6. The molecule has 0 aliphatic rings. The van der Waals surface area contributed by atoms with E-state index in [0.717, 1.165) is 18.7 Å². The van der Waals surface area contributed by atoms with Crippen molar-refractivity contribution in [3.63, 3.8) is 0 Å². The van der Waals surface area contributed by atoms with Crippen LogP contribution in [-0.2, 0) is 19.5 Å². The van der Waals surface area contributed by atoms with Crippen LogP contribution in [0.25, 0.3) is 0 Å². The first-order valence-electron chi connectivity index (χ1n) is 6.45. The van der Waals surface area contributed by atoms with E-state index >= 15 is 0 Å². The molecule has 1 aromatic rings. The predicted molar refractivity (Wildman–Crippen MR) is 74.9 cm³/mol. The van der Waals surface area contributed by atoms with Gasteiger partial charge in [0.05, 0.1) is 13.2 Å². The van der Waals surface area contributed by atoms with Crippen molar-refractivity contribution in [2.24, 2.45) is 0 Å². The van der Waals surface area contributed by atoms with Crippen LogP contribution in [0.1, 0.15) is 23.3 Å². The van der Waals surface area contributed by atoms with Gasteiger partial charge in [0, 0.05) is 26.5 Å². The second-order valence-electron chi connectivity index (χ2n) is 4.26. The van der Waals surface area contributed by atoms with Gasteiger partial charge in [0.25, 0.3) is 0 Å². The van der Waals surface area contributed by atoms with Gasteiger partial charge < -0.3 is 19.6 Å². The minimum absolute atomic E-state index is 0.0868. The molecule has 8 nitrogen and oxygen atoms in total. The highest BCUT2D eigenvalue weighted by Crippen LogP contribution is 2.10. The highest BCUT2D eigenvalue weighted by Gasteiger charge is 2.17. The second kappa shape index (κ2) is 8.78. The van der Waals surface area contributed by atoms with E-state index in [9.17, 15) is 13.2 Å². The van der Waals surface area contributed by atoms with Gasteiger partial charge in [-0.2, -0.15) is 0 Å². The topological polar surface area (TPSA) is 118 Å². The number of hydrogen-bond donors (Lipinski definition) is 3. The molecule has 0 aliphatic carbocycles. The van der Waals surface area contributed by atoms with Gasteiger partial charge in [-0.15, -0.1) is 0 Å². The first-order valence-corrected chi connectivity index (χ1v) is 7.94. The molecule has 1 rings (SSSR count). The highest BCUT2D eigenvalue weighted by molar-refractivity contribution is 7.89. The van der Waals surface area contributed by atoms with E-state index in [1.54, 1.807) is 7.11 Å². The summed E-state index contributed by atoms with van der Waals surface area (Å²) in [7, 11) is -2.09. The van der Waals surface area contributed by atoms with Crippen molar-refractivity contribution in [1.82, 2.24) is 9.71 Å². The number of ether oxygens (including phenoxy) is 2. The molecule has 0 aliphatic heterocycles. The molecule has 0 bridgehead atoms. The molecule has 3 N–H and O–H groups in total. The Morgan fingerprint density at radius 3 is 2.71 bits per heavy atom. The summed E-state index contributed by atoms with van der Waals surface area (Å²) in [5.41, 5.74) is -0.165. The van der Waals surface area contributed by atoms with Crippen molar-refractivity contribution in [1.29, 1.82) is 0 Å². The van der Waals surface area contributed by atoms with Gasteiger partial charge in [-0.1, -0.05) is 0 Å². The van der Waals surface area contributed by atoms with Gasteiger partial charge in [0.2, 0.25) is 10.0 Å². The normalized spacial score (nSPS) is 11.7. The van der Waals surface area contributed by atoms with E-state index in [2.05, 4.69) is 9.71 Å². The summed E-state index contributed by atoms with van der Waals surface area (Å²) in [6.45, 7) is 1.86. The minimum Gasteiger partial charge on any atom is -0.477 e. The van der Waals surface area contributed by atoms with E-state index in [1.165, 1.54) is 0 Å². The summed E-state index contributed by atoms with van der Waals surface area (Å²) < 4.78 is 36.2. The number of hydrogen-bond acceptors (Lipinski definition) is 5. The number of methoxy groups -OCH3 is 1. The molecule has 1 aromatic heterocycles. The largest absolute Gasteiger partial charge is 0.477 e. The van der Waals surface area contributed by atoms with Crippen molar-refractivity contribution in [2.75, 3.05) is 33.5 Å². The summed E-state index contributed by atoms with van der Waals surface area (Å²) in [5.74, 6) is -1.20. The first-order chi connectivity index (χ1) is 9.97. The summed E-state index contributed by atoms with van der Waals surface area (Å²) in [5, 5.41) is 8.73. The average Bonchev–Trinajstić information content (AvgIpc) is 2.92. The second-order valence-corrected chi connectivity index (χ2v) is 6.03. The average molecular weight is 320 g/mol. The Morgan fingerprint density at radius 2 is 2.10 bits per heavy atom. The molecule has 0 spiro atoms. The number of aromatic nitrogens is 1. The van der Waals surface area contributed by atoms with Gasteiger partial charge in [-0.25, -0.2) is 17.9 Å². The number of aromatic carboxylic acids is 1. The number of nitrogens with one attached hydrogen (secondary N) is 2. The van der Waals surface area contributed by atoms with Crippen molar-refractivity contribution >= 4 is 16.0 Å². The molecule has 0 fully saturated rings. The maximum atomic E-state index is 11.9. The number of unbranched alkanes of at least 4 members (excludes halogenated alkanes) is 1. The van der Waals surface area contributed by atoms with Gasteiger partial charge in [0.15, 0.2) is 0 Å².